The predicted octanol–water partition coefficient (Wildman–Crippen LogP) is 0.799. The topological polar surface area (TPSA) is 165 Å². The van der Waals surface area contributed by atoms with Crippen LogP contribution in [0.3, 0.4) is 0 Å². The maximum absolute atomic E-state index is 13.2. The molecule has 1 fully saturated rings. The minimum absolute atomic E-state index is 0. The SMILES string of the molecule is Br.O=S(=O)(c1ccc(O)c(O)c1)N(CCN1CCOCC1)S(=O)(=O)c1ccc(O)c(O)c1. The van der Waals surface area contributed by atoms with Crippen molar-refractivity contribution in [2.24, 2.45) is 0 Å². The number of benzene rings is 2. The van der Waals surface area contributed by atoms with Gasteiger partial charge in [0.05, 0.1) is 23.0 Å². The molecule has 0 aliphatic carbocycles. The summed E-state index contributed by atoms with van der Waals surface area (Å²) >= 11 is 0. The first-order valence-electron chi connectivity index (χ1n) is 9.15. The van der Waals surface area contributed by atoms with E-state index in [4.69, 9.17) is 4.74 Å². The van der Waals surface area contributed by atoms with E-state index in [2.05, 4.69) is 0 Å². The Morgan fingerprint density at radius 2 is 1.22 bits per heavy atom. The highest BCUT2D eigenvalue weighted by atomic mass is 79.9. The predicted molar refractivity (Wildman–Crippen MR) is 118 cm³/mol. The van der Waals surface area contributed by atoms with Crippen molar-refractivity contribution >= 4 is 37.0 Å². The highest BCUT2D eigenvalue weighted by Crippen LogP contribution is 2.33. The number of sulfonamides is 2. The lowest BCUT2D eigenvalue weighted by Crippen LogP contribution is -2.45. The minimum atomic E-state index is -4.70. The Kier molecular flexibility index (Phi) is 8.36. The number of rotatable bonds is 7. The second-order valence-corrected chi connectivity index (χ2v) is 10.7. The molecule has 11 nitrogen and oxygen atoms in total. The molecule has 1 aliphatic heterocycles. The smallest absolute Gasteiger partial charge is 0.256 e. The van der Waals surface area contributed by atoms with Crippen LogP contribution < -0.4 is 0 Å². The number of phenols is 4. The zero-order valence-electron chi connectivity index (χ0n) is 16.7. The summed E-state index contributed by atoms with van der Waals surface area (Å²) in [4.78, 5) is 0.747. The third kappa shape index (κ3) is 5.44. The molecule has 14 heteroatoms. The first-order chi connectivity index (χ1) is 14.5. The van der Waals surface area contributed by atoms with Crippen LogP contribution in [0.4, 0.5) is 0 Å². The number of hydrogen-bond acceptors (Lipinski definition) is 10. The molecule has 3 rings (SSSR count). The molecule has 4 N–H and O–H groups in total. The number of phenolic OH excluding ortho intramolecular Hbond substituents is 4. The van der Waals surface area contributed by atoms with Crippen LogP contribution in [-0.2, 0) is 24.8 Å². The number of hydrogen-bond donors (Lipinski definition) is 4. The molecule has 0 saturated carbocycles. The average Bonchev–Trinajstić information content (AvgIpc) is 2.72. The Labute approximate surface area is 196 Å². The number of morpholine rings is 1. The molecule has 0 atom stereocenters. The second kappa shape index (κ2) is 10.2. The van der Waals surface area contributed by atoms with Crippen LogP contribution in [0.25, 0.3) is 0 Å². The summed E-state index contributed by atoms with van der Waals surface area (Å²) in [5.74, 6) is -2.59. The molecule has 0 unspecified atom stereocenters. The van der Waals surface area contributed by atoms with Gasteiger partial charge in [-0.3, -0.25) is 4.90 Å². The Morgan fingerprint density at radius 3 is 1.62 bits per heavy atom. The van der Waals surface area contributed by atoms with E-state index in [9.17, 15) is 37.3 Å². The average molecular weight is 555 g/mol. The largest absolute Gasteiger partial charge is 0.504 e. The molecule has 32 heavy (non-hydrogen) atoms. The van der Waals surface area contributed by atoms with Crippen molar-refractivity contribution in [3.05, 3.63) is 36.4 Å². The van der Waals surface area contributed by atoms with Gasteiger partial charge in [0, 0.05) is 38.3 Å². The zero-order chi connectivity index (χ0) is 22.8. The summed E-state index contributed by atoms with van der Waals surface area (Å²) in [6.07, 6.45) is 0. The van der Waals surface area contributed by atoms with Crippen molar-refractivity contribution < 1.29 is 42.0 Å². The number of ether oxygens (including phenoxy) is 1. The van der Waals surface area contributed by atoms with Gasteiger partial charge >= 0.3 is 0 Å². The van der Waals surface area contributed by atoms with E-state index in [1.807, 2.05) is 4.90 Å². The van der Waals surface area contributed by atoms with Crippen LogP contribution in [0, 0.1) is 0 Å². The first kappa shape index (κ1) is 26.2. The van der Waals surface area contributed by atoms with Gasteiger partial charge in [-0.05, 0) is 24.3 Å². The van der Waals surface area contributed by atoms with Gasteiger partial charge in [0.25, 0.3) is 20.0 Å². The summed E-state index contributed by atoms with van der Waals surface area (Å²) in [5.41, 5.74) is 0. The van der Waals surface area contributed by atoms with E-state index in [-0.39, 0.29) is 27.2 Å². The summed E-state index contributed by atoms with van der Waals surface area (Å²) in [6, 6.07) is 5.29. The maximum atomic E-state index is 13.2. The van der Waals surface area contributed by atoms with Crippen LogP contribution >= 0.6 is 17.0 Å². The molecule has 178 valence electrons. The molecule has 0 amide bonds. The quantitative estimate of drug-likeness (QED) is 0.359. The Morgan fingerprint density at radius 1 is 0.781 bits per heavy atom. The molecular formula is C18H23BrN2O9S2. The van der Waals surface area contributed by atoms with Gasteiger partial charge in [-0.1, -0.05) is 3.71 Å². The van der Waals surface area contributed by atoms with E-state index in [0.29, 0.717) is 26.3 Å². The van der Waals surface area contributed by atoms with Gasteiger partial charge in [0.2, 0.25) is 0 Å². The van der Waals surface area contributed by atoms with E-state index < -0.39 is 59.4 Å². The van der Waals surface area contributed by atoms with Crippen LogP contribution in [0.15, 0.2) is 46.2 Å². The molecule has 2 aromatic rings. The molecule has 2 aromatic carbocycles. The highest BCUT2D eigenvalue weighted by Gasteiger charge is 2.37. The normalized spacial score (nSPS) is 15.4. The maximum Gasteiger partial charge on any atom is 0.256 e. The lowest BCUT2D eigenvalue weighted by atomic mass is 10.3. The van der Waals surface area contributed by atoms with Crippen LogP contribution in [0.2, 0.25) is 0 Å². The van der Waals surface area contributed by atoms with Crippen molar-refractivity contribution in [1.82, 2.24) is 8.61 Å². The van der Waals surface area contributed by atoms with Crippen LogP contribution in [0.5, 0.6) is 23.0 Å². The molecule has 0 bridgehead atoms. The van der Waals surface area contributed by atoms with E-state index >= 15 is 0 Å². The van der Waals surface area contributed by atoms with Crippen molar-refractivity contribution in [3.8, 4) is 23.0 Å². The third-order valence-corrected chi connectivity index (χ3v) is 9.04. The van der Waals surface area contributed by atoms with Gasteiger partial charge in [-0.15, -0.1) is 17.0 Å². The van der Waals surface area contributed by atoms with Crippen molar-refractivity contribution in [2.45, 2.75) is 9.79 Å². The summed E-state index contributed by atoms with van der Waals surface area (Å²) < 4.78 is 58.5. The summed E-state index contributed by atoms with van der Waals surface area (Å²) in [6.45, 7) is 1.47. The van der Waals surface area contributed by atoms with Gasteiger partial charge in [0.1, 0.15) is 0 Å². The van der Waals surface area contributed by atoms with E-state index in [1.165, 1.54) is 0 Å². The number of halogens is 1. The first-order valence-corrected chi connectivity index (χ1v) is 12.0. The standard InChI is InChI=1S/C18H22N2O9S2.BrH/c21-15-3-1-13(11-17(15)23)30(25,26)20(6-5-19-7-9-29-10-8-19)31(27,28)14-2-4-16(22)18(24)12-14;/h1-4,11-12,21-24H,5-10H2;1H. The number of aromatic hydroxyl groups is 4. The summed E-state index contributed by atoms with van der Waals surface area (Å²) in [5, 5.41) is 38.3. The minimum Gasteiger partial charge on any atom is -0.504 e. The van der Waals surface area contributed by atoms with Gasteiger partial charge in [-0.2, -0.15) is 0 Å². The Bertz CT molecular complexity index is 1090. The van der Waals surface area contributed by atoms with Crippen LogP contribution in [-0.4, -0.2) is 85.3 Å². The fourth-order valence-corrected chi connectivity index (χ4v) is 6.65. The van der Waals surface area contributed by atoms with Gasteiger partial charge in [0.15, 0.2) is 23.0 Å². The van der Waals surface area contributed by atoms with Crippen molar-refractivity contribution in [3.63, 3.8) is 0 Å². The molecule has 1 heterocycles. The van der Waals surface area contributed by atoms with E-state index in [0.717, 1.165) is 36.4 Å². The molecule has 0 aromatic heterocycles. The van der Waals surface area contributed by atoms with Gasteiger partial charge in [-0.25, -0.2) is 16.8 Å². The number of nitrogens with zero attached hydrogens (tertiary/aromatic N) is 2. The Balaban J connectivity index is 0.00000363. The lowest BCUT2D eigenvalue weighted by Gasteiger charge is -2.29. The van der Waals surface area contributed by atoms with Crippen LogP contribution in [0.1, 0.15) is 0 Å². The fourth-order valence-electron chi connectivity index (χ4n) is 2.98. The second-order valence-electron chi connectivity index (χ2n) is 6.76. The van der Waals surface area contributed by atoms with Gasteiger partial charge < -0.3 is 25.2 Å². The Hall–Kier alpha value is -2.10. The lowest BCUT2D eigenvalue weighted by molar-refractivity contribution is 0.0377. The molecule has 0 radical (unpaired) electrons. The molecular weight excluding hydrogens is 532 g/mol. The zero-order valence-corrected chi connectivity index (χ0v) is 20.0. The summed E-state index contributed by atoms with van der Waals surface area (Å²) in [7, 11) is -9.40. The fraction of sp³-hybridized carbons (Fsp3) is 0.333. The monoisotopic (exact) mass is 554 g/mol. The third-order valence-electron chi connectivity index (χ3n) is 4.73. The molecule has 1 saturated heterocycles. The molecule has 0 spiro atoms. The van der Waals surface area contributed by atoms with E-state index in [1.54, 1.807) is 0 Å². The van der Waals surface area contributed by atoms with Crippen molar-refractivity contribution in [1.29, 1.82) is 0 Å². The van der Waals surface area contributed by atoms with Crippen molar-refractivity contribution in [2.75, 3.05) is 39.4 Å². The molecule has 1 aliphatic rings. The highest BCUT2D eigenvalue weighted by molar-refractivity contribution is 8.93.